The summed E-state index contributed by atoms with van der Waals surface area (Å²) >= 11 is 7.73. The Hall–Kier alpha value is 0.640. The minimum absolute atomic E-state index is 0.825. The zero-order valence-electron chi connectivity index (χ0n) is 13.8. The van der Waals surface area contributed by atoms with Crippen LogP contribution in [-0.4, -0.2) is 17.4 Å². The van der Waals surface area contributed by atoms with Gasteiger partial charge in [0.25, 0.3) is 0 Å². The van der Waals surface area contributed by atoms with Crippen molar-refractivity contribution >= 4 is 23.4 Å². The Morgan fingerprint density at radius 2 is 0.950 bits per heavy atom. The van der Waals surface area contributed by atoms with E-state index in [-0.39, 0.29) is 0 Å². The molecule has 0 aromatic rings. The molecule has 20 heavy (non-hydrogen) atoms. The number of rotatable bonds is 17. The maximum atomic E-state index is 5.65. The van der Waals surface area contributed by atoms with Crippen LogP contribution < -0.4 is 0 Å². The maximum Gasteiger partial charge on any atom is 0.0231 e. The normalized spacial score (nSPS) is 11.1. The lowest BCUT2D eigenvalue weighted by molar-refractivity contribution is 0.543. The summed E-state index contributed by atoms with van der Waals surface area (Å²) in [6.45, 7) is 2.29. The Bertz CT molecular complexity index is 143. The molecule has 0 nitrogen and oxygen atoms in total. The summed E-state index contributed by atoms with van der Waals surface area (Å²) in [4.78, 5) is 0. The summed E-state index contributed by atoms with van der Waals surface area (Å²) in [5, 5.41) is 0. The van der Waals surface area contributed by atoms with Gasteiger partial charge in [0.05, 0.1) is 0 Å². The van der Waals surface area contributed by atoms with E-state index in [1.54, 1.807) is 0 Å². The second kappa shape index (κ2) is 19.6. The van der Waals surface area contributed by atoms with Crippen LogP contribution >= 0.6 is 23.4 Å². The Labute approximate surface area is 137 Å². The minimum atomic E-state index is 0.825. The summed E-state index contributed by atoms with van der Waals surface area (Å²) in [6, 6.07) is 0. The summed E-state index contributed by atoms with van der Waals surface area (Å²) < 4.78 is 0. The molecule has 0 N–H and O–H groups in total. The standard InChI is InChI=1S/C18H37ClS/c1-2-3-4-5-6-7-8-9-10-11-12-13-14-17-20-18-15-16-19/h2-18H2,1H3. The molecule has 122 valence electrons. The molecule has 0 bridgehead atoms. The Morgan fingerprint density at radius 1 is 0.550 bits per heavy atom. The van der Waals surface area contributed by atoms with Crippen LogP contribution in [0.1, 0.15) is 96.8 Å². The van der Waals surface area contributed by atoms with Gasteiger partial charge in [-0.3, -0.25) is 0 Å². The average Bonchev–Trinajstić information content (AvgIpc) is 2.47. The lowest BCUT2D eigenvalue weighted by Crippen LogP contribution is -1.86. The largest absolute Gasteiger partial charge is 0.162 e. The van der Waals surface area contributed by atoms with Crippen LogP contribution in [-0.2, 0) is 0 Å². The van der Waals surface area contributed by atoms with Gasteiger partial charge >= 0.3 is 0 Å². The topological polar surface area (TPSA) is 0 Å². The van der Waals surface area contributed by atoms with Gasteiger partial charge in [0, 0.05) is 5.88 Å². The molecule has 0 spiro atoms. The van der Waals surface area contributed by atoms with E-state index >= 15 is 0 Å². The van der Waals surface area contributed by atoms with E-state index in [4.69, 9.17) is 11.6 Å². The van der Waals surface area contributed by atoms with Gasteiger partial charge < -0.3 is 0 Å². The highest BCUT2D eigenvalue weighted by Crippen LogP contribution is 2.13. The lowest BCUT2D eigenvalue weighted by atomic mass is 10.1. The number of halogens is 1. The SMILES string of the molecule is CCCCCCCCCCCCCCCSCCCCl. The van der Waals surface area contributed by atoms with E-state index in [0.717, 1.165) is 5.88 Å². The average molecular weight is 321 g/mol. The fourth-order valence-corrected chi connectivity index (χ4v) is 3.73. The number of hydrogen-bond donors (Lipinski definition) is 0. The lowest BCUT2D eigenvalue weighted by Gasteiger charge is -2.03. The second-order valence-corrected chi connectivity index (χ2v) is 7.50. The van der Waals surface area contributed by atoms with Gasteiger partial charge in [-0.1, -0.05) is 84.0 Å². The first-order valence-electron chi connectivity index (χ1n) is 9.05. The Morgan fingerprint density at radius 3 is 1.40 bits per heavy atom. The predicted molar refractivity (Wildman–Crippen MR) is 98.4 cm³/mol. The molecule has 0 aliphatic rings. The van der Waals surface area contributed by atoms with Crippen molar-refractivity contribution in [1.29, 1.82) is 0 Å². The molecule has 0 saturated heterocycles. The van der Waals surface area contributed by atoms with Crippen LogP contribution in [0, 0.1) is 0 Å². The molecule has 0 unspecified atom stereocenters. The third-order valence-electron chi connectivity index (χ3n) is 3.81. The molecule has 0 rings (SSSR count). The fraction of sp³-hybridized carbons (Fsp3) is 1.00. The number of unbranched alkanes of at least 4 members (excludes halogenated alkanes) is 12. The molecule has 0 heterocycles. The van der Waals surface area contributed by atoms with Crippen LogP contribution in [0.2, 0.25) is 0 Å². The quantitative estimate of drug-likeness (QED) is 0.198. The van der Waals surface area contributed by atoms with E-state index in [2.05, 4.69) is 18.7 Å². The minimum Gasteiger partial charge on any atom is -0.162 e. The molecule has 0 amide bonds. The van der Waals surface area contributed by atoms with E-state index < -0.39 is 0 Å². The first-order chi connectivity index (χ1) is 9.91. The summed E-state index contributed by atoms with van der Waals surface area (Å²) in [5.74, 6) is 3.42. The van der Waals surface area contributed by atoms with Crippen LogP contribution in [0.3, 0.4) is 0 Å². The van der Waals surface area contributed by atoms with Crippen molar-refractivity contribution in [2.75, 3.05) is 17.4 Å². The molecule has 0 aromatic carbocycles. The van der Waals surface area contributed by atoms with E-state index in [0.29, 0.717) is 0 Å². The fourth-order valence-electron chi connectivity index (χ4n) is 2.48. The van der Waals surface area contributed by atoms with Gasteiger partial charge in [0.2, 0.25) is 0 Å². The van der Waals surface area contributed by atoms with Gasteiger partial charge in [0.15, 0.2) is 0 Å². The van der Waals surface area contributed by atoms with Crippen molar-refractivity contribution < 1.29 is 0 Å². The highest BCUT2D eigenvalue weighted by molar-refractivity contribution is 7.99. The number of thioether (sulfide) groups is 1. The third-order valence-corrected chi connectivity index (χ3v) is 5.24. The molecule has 2 heteroatoms. The summed E-state index contributed by atoms with van der Waals surface area (Å²) in [6.07, 6.45) is 20.0. The molecular formula is C18H37ClS. The summed E-state index contributed by atoms with van der Waals surface area (Å²) in [5.41, 5.74) is 0. The zero-order chi connectivity index (χ0) is 14.7. The van der Waals surface area contributed by atoms with Crippen LogP contribution in [0.4, 0.5) is 0 Å². The molecule has 0 aromatic heterocycles. The highest BCUT2D eigenvalue weighted by atomic mass is 35.5. The van der Waals surface area contributed by atoms with Crippen molar-refractivity contribution in [3.63, 3.8) is 0 Å². The molecule has 0 aliphatic heterocycles. The Kier molecular flexibility index (Phi) is 20.3. The van der Waals surface area contributed by atoms with Gasteiger partial charge in [-0.15, -0.1) is 11.6 Å². The zero-order valence-corrected chi connectivity index (χ0v) is 15.4. The predicted octanol–water partition coefficient (Wildman–Crippen LogP) is 7.44. The molecular weight excluding hydrogens is 284 g/mol. The molecule has 0 aliphatic carbocycles. The number of alkyl halides is 1. The second-order valence-electron chi connectivity index (χ2n) is 5.90. The Balaban J connectivity index is 2.89. The monoisotopic (exact) mass is 320 g/mol. The summed E-state index contributed by atoms with van der Waals surface area (Å²) in [7, 11) is 0. The van der Waals surface area contributed by atoms with Gasteiger partial charge in [-0.2, -0.15) is 11.8 Å². The first kappa shape index (κ1) is 20.6. The van der Waals surface area contributed by atoms with Gasteiger partial charge in [-0.25, -0.2) is 0 Å². The van der Waals surface area contributed by atoms with Crippen molar-refractivity contribution in [3.05, 3.63) is 0 Å². The maximum absolute atomic E-state index is 5.65. The van der Waals surface area contributed by atoms with Crippen molar-refractivity contribution in [1.82, 2.24) is 0 Å². The molecule has 0 atom stereocenters. The number of hydrogen-bond acceptors (Lipinski definition) is 1. The van der Waals surface area contributed by atoms with Crippen LogP contribution in [0.15, 0.2) is 0 Å². The molecule has 0 radical (unpaired) electrons. The van der Waals surface area contributed by atoms with E-state index in [1.807, 2.05) is 0 Å². The van der Waals surface area contributed by atoms with E-state index in [1.165, 1.54) is 101 Å². The highest BCUT2D eigenvalue weighted by Gasteiger charge is 1.94. The van der Waals surface area contributed by atoms with Crippen molar-refractivity contribution in [2.45, 2.75) is 96.8 Å². The van der Waals surface area contributed by atoms with Crippen molar-refractivity contribution in [2.24, 2.45) is 0 Å². The van der Waals surface area contributed by atoms with Crippen molar-refractivity contribution in [3.8, 4) is 0 Å². The van der Waals surface area contributed by atoms with Crippen LogP contribution in [0.25, 0.3) is 0 Å². The third kappa shape index (κ3) is 18.6. The van der Waals surface area contributed by atoms with E-state index in [9.17, 15) is 0 Å². The first-order valence-corrected chi connectivity index (χ1v) is 10.7. The molecule has 0 fully saturated rings. The molecule has 0 saturated carbocycles. The smallest absolute Gasteiger partial charge is 0.0231 e. The van der Waals surface area contributed by atoms with Gasteiger partial charge in [0.1, 0.15) is 0 Å². The van der Waals surface area contributed by atoms with Gasteiger partial charge in [-0.05, 0) is 24.3 Å². The van der Waals surface area contributed by atoms with Crippen LogP contribution in [0.5, 0.6) is 0 Å².